The lowest BCUT2D eigenvalue weighted by Gasteiger charge is -2.25. The van der Waals surface area contributed by atoms with Crippen LogP contribution in [0.25, 0.3) is 0 Å². The molecule has 0 amide bonds. The fourth-order valence-electron chi connectivity index (χ4n) is 2.33. The minimum atomic E-state index is 0.224. The summed E-state index contributed by atoms with van der Waals surface area (Å²) < 4.78 is 0. The van der Waals surface area contributed by atoms with E-state index in [2.05, 4.69) is 60.3 Å². The van der Waals surface area contributed by atoms with E-state index in [9.17, 15) is 0 Å². The zero-order chi connectivity index (χ0) is 13.5. The van der Waals surface area contributed by atoms with Crippen molar-refractivity contribution in [3.05, 3.63) is 24.8 Å². The Balaban J connectivity index is 4.24. The van der Waals surface area contributed by atoms with E-state index in [0.717, 1.165) is 12.3 Å². The molecule has 17 heavy (non-hydrogen) atoms. The molecular weight excluding hydrogens is 204 g/mol. The molecule has 0 heteroatoms. The summed E-state index contributed by atoms with van der Waals surface area (Å²) >= 11 is 0. The summed E-state index contributed by atoms with van der Waals surface area (Å²) in [6.45, 7) is 17.7. The molecular formula is C17H32. The smallest absolute Gasteiger partial charge is 0.0143 e. The molecule has 0 N–H and O–H groups in total. The Morgan fingerprint density at radius 3 is 2.18 bits per heavy atom. The molecule has 0 aliphatic carbocycles. The highest BCUT2D eigenvalue weighted by atomic mass is 14.2. The molecule has 0 aromatic heterocycles. The highest BCUT2D eigenvalue weighted by Gasteiger charge is 2.18. The van der Waals surface area contributed by atoms with E-state index in [1.54, 1.807) is 0 Å². The van der Waals surface area contributed by atoms with Crippen LogP contribution in [0.2, 0.25) is 0 Å². The van der Waals surface area contributed by atoms with Gasteiger partial charge in [0.05, 0.1) is 0 Å². The highest BCUT2D eigenvalue weighted by molar-refractivity contribution is 5.00. The van der Waals surface area contributed by atoms with Gasteiger partial charge >= 0.3 is 0 Å². The van der Waals surface area contributed by atoms with Crippen LogP contribution in [0.5, 0.6) is 0 Å². The van der Waals surface area contributed by atoms with Crippen molar-refractivity contribution in [3.8, 4) is 0 Å². The molecule has 0 nitrogen and oxygen atoms in total. The first-order chi connectivity index (χ1) is 7.72. The lowest BCUT2D eigenvalue weighted by atomic mass is 9.80. The summed E-state index contributed by atoms with van der Waals surface area (Å²) in [7, 11) is 0. The maximum atomic E-state index is 3.89. The van der Waals surface area contributed by atoms with E-state index in [1.165, 1.54) is 19.3 Å². The van der Waals surface area contributed by atoms with Crippen molar-refractivity contribution in [1.29, 1.82) is 0 Å². The summed E-state index contributed by atoms with van der Waals surface area (Å²) in [5.74, 6) is 0.826. The van der Waals surface area contributed by atoms with Crippen LogP contribution in [0.1, 0.15) is 67.2 Å². The molecule has 0 bridgehead atoms. The Kier molecular flexibility index (Phi) is 6.82. The zero-order valence-electron chi connectivity index (χ0n) is 12.8. The largest absolute Gasteiger partial charge is 0.103 e. The minimum absolute atomic E-state index is 0.224. The van der Waals surface area contributed by atoms with Gasteiger partial charge in [-0.1, -0.05) is 72.6 Å². The first kappa shape index (κ1) is 16.5. The van der Waals surface area contributed by atoms with Gasteiger partial charge in [0, 0.05) is 0 Å². The first-order valence-corrected chi connectivity index (χ1v) is 7.04. The molecule has 0 saturated heterocycles. The molecule has 0 aromatic carbocycles. The van der Waals surface area contributed by atoms with E-state index in [4.69, 9.17) is 0 Å². The summed E-state index contributed by atoms with van der Waals surface area (Å²) in [5, 5.41) is 0. The third kappa shape index (κ3) is 8.24. The first-order valence-electron chi connectivity index (χ1n) is 7.04. The van der Waals surface area contributed by atoms with Gasteiger partial charge in [0.2, 0.25) is 0 Å². The molecule has 0 heterocycles. The average molecular weight is 236 g/mol. The molecule has 0 rings (SSSR count). The SMILES string of the molecule is C=CC(C)(C)CC=CC(C)(C)CC(C)CCC. The second-order valence-electron chi connectivity index (χ2n) is 6.89. The van der Waals surface area contributed by atoms with E-state index >= 15 is 0 Å². The molecule has 0 aliphatic rings. The van der Waals surface area contributed by atoms with Crippen molar-refractivity contribution in [2.24, 2.45) is 16.7 Å². The predicted molar refractivity (Wildman–Crippen MR) is 80.2 cm³/mol. The lowest BCUT2D eigenvalue weighted by Crippen LogP contribution is -2.13. The van der Waals surface area contributed by atoms with Gasteiger partial charge in [-0.15, -0.1) is 6.58 Å². The van der Waals surface area contributed by atoms with Crippen LogP contribution in [-0.4, -0.2) is 0 Å². The van der Waals surface area contributed by atoms with E-state index in [1.807, 2.05) is 6.08 Å². The molecule has 0 aliphatic heterocycles. The molecule has 1 unspecified atom stereocenters. The number of allylic oxidation sites excluding steroid dienone is 3. The second-order valence-corrected chi connectivity index (χ2v) is 6.89. The van der Waals surface area contributed by atoms with Gasteiger partial charge < -0.3 is 0 Å². The predicted octanol–water partition coefficient (Wildman–Crippen LogP) is 6.00. The lowest BCUT2D eigenvalue weighted by molar-refractivity contribution is 0.332. The minimum Gasteiger partial charge on any atom is -0.103 e. The van der Waals surface area contributed by atoms with Crippen molar-refractivity contribution in [3.63, 3.8) is 0 Å². The van der Waals surface area contributed by atoms with Crippen molar-refractivity contribution < 1.29 is 0 Å². The van der Waals surface area contributed by atoms with Crippen LogP contribution < -0.4 is 0 Å². The summed E-state index contributed by atoms with van der Waals surface area (Å²) in [5.41, 5.74) is 0.549. The van der Waals surface area contributed by atoms with Crippen molar-refractivity contribution >= 4 is 0 Å². The van der Waals surface area contributed by atoms with Gasteiger partial charge in [-0.2, -0.15) is 0 Å². The van der Waals surface area contributed by atoms with E-state index < -0.39 is 0 Å². The van der Waals surface area contributed by atoms with Gasteiger partial charge in [-0.3, -0.25) is 0 Å². The van der Waals surface area contributed by atoms with Gasteiger partial charge in [0.1, 0.15) is 0 Å². The maximum absolute atomic E-state index is 3.89. The fraction of sp³-hybridized carbons (Fsp3) is 0.765. The van der Waals surface area contributed by atoms with Crippen LogP contribution in [0.4, 0.5) is 0 Å². The number of hydrogen-bond acceptors (Lipinski definition) is 0. The maximum Gasteiger partial charge on any atom is -0.0143 e. The average Bonchev–Trinajstić information content (AvgIpc) is 2.16. The molecule has 100 valence electrons. The number of hydrogen-bond donors (Lipinski definition) is 0. The third-order valence-electron chi connectivity index (χ3n) is 3.42. The molecule has 0 fully saturated rings. The van der Waals surface area contributed by atoms with Crippen LogP contribution in [0, 0.1) is 16.7 Å². The Labute approximate surface area is 109 Å². The molecule has 0 spiro atoms. The second kappa shape index (κ2) is 7.03. The Morgan fingerprint density at radius 2 is 1.71 bits per heavy atom. The molecule has 0 saturated carbocycles. The van der Waals surface area contributed by atoms with Gasteiger partial charge in [-0.05, 0) is 29.6 Å². The highest BCUT2D eigenvalue weighted by Crippen LogP contribution is 2.30. The van der Waals surface area contributed by atoms with Crippen LogP contribution in [0.3, 0.4) is 0 Å². The van der Waals surface area contributed by atoms with Crippen molar-refractivity contribution in [2.75, 3.05) is 0 Å². The van der Waals surface area contributed by atoms with E-state index in [-0.39, 0.29) is 5.41 Å². The Morgan fingerprint density at radius 1 is 1.12 bits per heavy atom. The zero-order valence-corrected chi connectivity index (χ0v) is 12.8. The Bertz CT molecular complexity index is 243. The van der Waals surface area contributed by atoms with Crippen molar-refractivity contribution in [1.82, 2.24) is 0 Å². The topological polar surface area (TPSA) is 0 Å². The standard InChI is InChI=1S/C17H32/c1-8-11-15(3)14-17(6,7)13-10-12-16(4,5)9-2/h9-10,13,15H,2,8,11-12,14H2,1,3-7H3. The fourth-order valence-corrected chi connectivity index (χ4v) is 2.33. The van der Waals surface area contributed by atoms with Gasteiger partial charge in [-0.25, -0.2) is 0 Å². The molecule has 1 atom stereocenters. The summed E-state index contributed by atoms with van der Waals surface area (Å²) in [6.07, 6.45) is 11.8. The normalized spacial score (nSPS) is 15.2. The third-order valence-corrected chi connectivity index (χ3v) is 3.42. The quantitative estimate of drug-likeness (QED) is 0.454. The molecule has 0 aromatic rings. The van der Waals surface area contributed by atoms with E-state index in [0.29, 0.717) is 5.41 Å². The molecule has 0 radical (unpaired) electrons. The summed E-state index contributed by atoms with van der Waals surface area (Å²) in [6, 6.07) is 0. The van der Waals surface area contributed by atoms with Crippen LogP contribution in [0.15, 0.2) is 24.8 Å². The Hall–Kier alpha value is -0.520. The van der Waals surface area contributed by atoms with Gasteiger partial charge in [0.25, 0.3) is 0 Å². The van der Waals surface area contributed by atoms with Crippen molar-refractivity contribution in [2.45, 2.75) is 67.2 Å². The summed E-state index contributed by atoms with van der Waals surface area (Å²) in [4.78, 5) is 0. The monoisotopic (exact) mass is 236 g/mol. The van der Waals surface area contributed by atoms with Crippen LogP contribution in [-0.2, 0) is 0 Å². The number of rotatable bonds is 8. The van der Waals surface area contributed by atoms with Crippen LogP contribution >= 0.6 is 0 Å². The van der Waals surface area contributed by atoms with Gasteiger partial charge in [0.15, 0.2) is 0 Å².